The van der Waals surface area contributed by atoms with E-state index >= 15 is 0 Å². The number of phenolic OH excluding ortho intramolecular Hbond substituents is 2. The number of fused-ring (bicyclic) bond motifs is 1. The molecule has 2 atom stereocenters. The molecule has 1 heterocycles. The molecule has 0 saturated heterocycles. The number of aliphatic hydroxyl groups is 2. The lowest BCUT2D eigenvalue weighted by molar-refractivity contribution is -0.204. The van der Waals surface area contributed by atoms with Crippen LogP contribution in [0.5, 0.6) is 17.2 Å². The summed E-state index contributed by atoms with van der Waals surface area (Å²) >= 11 is 0. The van der Waals surface area contributed by atoms with Crippen LogP contribution in [0.2, 0.25) is 0 Å². The first-order valence-corrected chi connectivity index (χ1v) is 7.03. The number of aliphatic hydroxyl groups excluding tert-OH is 1. The number of ketones is 1. The summed E-state index contributed by atoms with van der Waals surface area (Å²) in [6, 6.07) is 7.97. The monoisotopic (exact) mass is 316 g/mol. The first-order chi connectivity index (χ1) is 10.8. The molecule has 1 aliphatic heterocycles. The largest absolute Gasteiger partial charge is 0.507 e. The summed E-state index contributed by atoms with van der Waals surface area (Å²) in [5.74, 6) is -4.03. The molecule has 4 N–H and O–H groups in total. The van der Waals surface area contributed by atoms with Gasteiger partial charge in [-0.2, -0.15) is 0 Å². The Balaban J connectivity index is 2.27. The highest BCUT2D eigenvalue weighted by molar-refractivity contribution is 6.06. The van der Waals surface area contributed by atoms with E-state index in [1.165, 1.54) is 26.0 Å². The fourth-order valence-electron chi connectivity index (χ4n) is 2.76. The number of rotatable bonds is 1. The van der Waals surface area contributed by atoms with E-state index in [0.29, 0.717) is 0 Å². The highest BCUT2D eigenvalue weighted by Crippen LogP contribution is 2.48. The predicted octanol–water partition coefficient (Wildman–Crippen LogP) is 1.50. The Morgan fingerprint density at radius 2 is 1.65 bits per heavy atom. The van der Waals surface area contributed by atoms with Crippen molar-refractivity contribution in [2.45, 2.75) is 25.7 Å². The molecule has 0 aromatic heterocycles. The second-order valence-electron chi connectivity index (χ2n) is 5.58. The highest BCUT2D eigenvalue weighted by atomic mass is 16.6. The van der Waals surface area contributed by atoms with Gasteiger partial charge in [0.1, 0.15) is 22.8 Å². The first kappa shape index (κ1) is 15.3. The number of ether oxygens (including phenoxy) is 1. The van der Waals surface area contributed by atoms with E-state index in [0.717, 1.165) is 0 Å². The van der Waals surface area contributed by atoms with Gasteiger partial charge in [-0.05, 0) is 13.8 Å². The van der Waals surface area contributed by atoms with E-state index in [4.69, 9.17) is 4.74 Å². The zero-order valence-electron chi connectivity index (χ0n) is 12.6. The van der Waals surface area contributed by atoms with Gasteiger partial charge in [0, 0.05) is 16.7 Å². The predicted molar refractivity (Wildman–Crippen MR) is 80.5 cm³/mol. The van der Waals surface area contributed by atoms with Crippen molar-refractivity contribution < 1.29 is 30.0 Å². The van der Waals surface area contributed by atoms with Gasteiger partial charge < -0.3 is 25.2 Å². The number of benzene rings is 2. The molecule has 6 nitrogen and oxygen atoms in total. The standard InChI is InChI=1S/C17H16O6/c1-8-12(18)9(2)15-11(13(8)19)14(20)16(21)17(22,23-15)10-6-4-3-5-7-10/h3-7,16,18-19,21-22H,1-2H3. The molecule has 0 aliphatic carbocycles. The molecular formula is C17H16O6. The zero-order valence-corrected chi connectivity index (χ0v) is 12.6. The van der Waals surface area contributed by atoms with Gasteiger partial charge in [-0.1, -0.05) is 30.3 Å². The Labute approximate surface area is 132 Å². The molecule has 0 bridgehead atoms. The molecular weight excluding hydrogens is 300 g/mol. The van der Waals surface area contributed by atoms with E-state index in [1.54, 1.807) is 18.2 Å². The molecule has 2 unspecified atom stereocenters. The molecule has 2 aromatic carbocycles. The molecule has 3 rings (SSSR count). The van der Waals surface area contributed by atoms with Gasteiger partial charge in [0.2, 0.25) is 5.78 Å². The molecule has 23 heavy (non-hydrogen) atoms. The van der Waals surface area contributed by atoms with Crippen molar-refractivity contribution in [2.24, 2.45) is 0 Å². The molecule has 0 radical (unpaired) electrons. The molecule has 6 heteroatoms. The van der Waals surface area contributed by atoms with Gasteiger partial charge in [-0.3, -0.25) is 4.79 Å². The fourth-order valence-corrected chi connectivity index (χ4v) is 2.76. The third-order valence-electron chi connectivity index (χ3n) is 4.18. The maximum absolute atomic E-state index is 12.5. The lowest BCUT2D eigenvalue weighted by Gasteiger charge is -2.38. The molecule has 0 spiro atoms. The number of hydrogen-bond acceptors (Lipinski definition) is 6. The van der Waals surface area contributed by atoms with Crippen LogP contribution < -0.4 is 4.74 Å². The van der Waals surface area contributed by atoms with Crippen molar-refractivity contribution in [2.75, 3.05) is 0 Å². The third-order valence-corrected chi connectivity index (χ3v) is 4.18. The topological polar surface area (TPSA) is 107 Å². The number of hydrogen-bond donors (Lipinski definition) is 4. The van der Waals surface area contributed by atoms with Crippen LogP contribution in [-0.4, -0.2) is 32.3 Å². The average molecular weight is 316 g/mol. The van der Waals surface area contributed by atoms with Crippen LogP contribution in [0.3, 0.4) is 0 Å². The van der Waals surface area contributed by atoms with Crippen molar-refractivity contribution in [1.82, 2.24) is 0 Å². The van der Waals surface area contributed by atoms with Gasteiger partial charge in [-0.25, -0.2) is 0 Å². The van der Waals surface area contributed by atoms with E-state index in [-0.39, 0.29) is 33.8 Å². The number of carbonyl (C=O) groups is 1. The molecule has 0 amide bonds. The van der Waals surface area contributed by atoms with Crippen molar-refractivity contribution in [3.05, 3.63) is 52.6 Å². The minimum atomic E-state index is -2.30. The summed E-state index contributed by atoms with van der Waals surface area (Å²) in [5.41, 5.74) is 0.247. The number of phenols is 2. The smallest absolute Gasteiger partial charge is 0.268 e. The van der Waals surface area contributed by atoms with Crippen molar-refractivity contribution in [1.29, 1.82) is 0 Å². The van der Waals surface area contributed by atoms with Gasteiger partial charge in [0.05, 0.1) is 0 Å². The quantitative estimate of drug-likeness (QED) is 0.635. The van der Waals surface area contributed by atoms with Crippen LogP contribution in [0.4, 0.5) is 0 Å². The minimum absolute atomic E-state index is 0.107. The van der Waals surface area contributed by atoms with Crippen LogP contribution in [0.25, 0.3) is 0 Å². The lowest BCUT2D eigenvalue weighted by Crippen LogP contribution is -2.52. The highest BCUT2D eigenvalue weighted by Gasteiger charge is 2.51. The van der Waals surface area contributed by atoms with Crippen LogP contribution in [0.15, 0.2) is 30.3 Å². The summed E-state index contributed by atoms with van der Waals surface area (Å²) in [4.78, 5) is 12.5. The third kappa shape index (κ3) is 1.99. The van der Waals surface area contributed by atoms with Gasteiger partial charge in [0.15, 0.2) is 6.10 Å². The molecule has 2 aromatic rings. The van der Waals surface area contributed by atoms with Gasteiger partial charge in [0.25, 0.3) is 5.79 Å². The summed E-state index contributed by atoms with van der Waals surface area (Å²) in [6.07, 6.45) is -1.91. The second kappa shape index (κ2) is 4.97. The maximum Gasteiger partial charge on any atom is 0.268 e. The number of Topliss-reactive ketones (excluding diaryl/α,β-unsaturated/α-hetero) is 1. The van der Waals surface area contributed by atoms with E-state index < -0.39 is 23.4 Å². The number of carbonyl (C=O) groups excluding carboxylic acids is 1. The number of aromatic hydroxyl groups is 2. The van der Waals surface area contributed by atoms with E-state index in [1.807, 2.05) is 0 Å². The average Bonchev–Trinajstić information content (AvgIpc) is 2.56. The van der Waals surface area contributed by atoms with Crippen LogP contribution in [0, 0.1) is 13.8 Å². The summed E-state index contributed by atoms with van der Waals surface area (Å²) < 4.78 is 5.50. The van der Waals surface area contributed by atoms with Crippen LogP contribution in [0.1, 0.15) is 27.0 Å². The van der Waals surface area contributed by atoms with Gasteiger partial charge in [-0.15, -0.1) is 0 Å². The van der Waals surface area contributed by atoms with Crippen LogP contribution in [-0.2, 0) is 5.79 Å². The summed E-state index contributed by atoms with van der Waals surface area (Å²) in [5, 5.41) is 41.2. The molecule has 1 aliphatic rings. The van der Waals surface area contributed by atoms with Crippen molar-refractivity contribution in [3.8, 4) is 17.2 Å². The Morgan fingerprint density at radius 1 is 1.04 bits per heavy atom. The van der Waals surface area contributed by atoms with E-state index in [9.17, 15) is 25.2 Å². The molecule has 120 valence electrons. The normalized spacial score (nSPS) is 23.3. The van der Waals surface area contributed by atoms with Crippen molar-refractivity contribution in [3.63, 3.8) is 0 Å². The minimum Gasteiger partial charge on any atom is -0.507 e. The lowest BCUT2D eigenvalue weighted by atomic mass is 9.87. The molecule has 0 saturated carbocycles. The summed E-state index contributed by atoms with van der Waals surface area (Å²) in [7, 11) is 0. The molecule has 0 fully saturated rings. The fraction of sp³-hybridized carbons (Fsp3) is 0.235. The Hall–Kier alpha value is -2.57. The Kier molecular flexibility index (Phi) is 3.31. The first-order valence-electron chi connectivity index (χ1n) is 7.03. The Morgan fingerprint density at radius 3 is 2.26 bits per heavy atom. The second-order valence-corrected chi connectivity index (χ2v) is 5.58. The zero-order chi connectivity index (χ0) is 16.9. The van der Waals surface area contributed by atoms with Crippen molar-refractivity contribution >= 4 is 5.78 Å². The maximum atomic E-state index is 12.5. The Bertz CT molecular complexity index is 799. The van der Waals surface area contributed by atoms with Crippen LogP contribution >= 0.6 is 0 Å². The van der Waals surface area contributed by atoms with Gasteiger partial charge >= 0.3 is 0 Å². The summed E-state index contributed by atoms with van der Waals surface area (Å²) in [6.45, 7) is 2.94. The SMILES string of the molecule is Cc1c(O)c(C)c2c(c1O)C(=O)C(O)C(O)(c1ccccc1)O2. The van der Waals surface area contributed by atoms with E-state index in [2.05, 4.69) is 0 Å².